The normalized spacial score (nSPS) is 15.9. The number of carbonyl (C=O) groups is 2. The molecule has 1 aliphatic heterocycles. The maximum atomic E-state index is 11.7. The Morgan fingerprint density at radius 1 is 1.25 bits per heavy atom. The third-order valence-corrected chi connectivity index (χ3v) is 2.61. The van der Waals surface area contributed by atoms with Gasteiger partial charge in [-0.1, -0.05) is 6.92 Å². The fourth-order valence-electron chi connectivity index (χ4n) is 1.70. The molecule has 0 aromatic heterocycles. The number of carbonyl (C=O) groups excluding carboxylic acids is 2. The summed E-state index contributed by atoms with van der Waals surface area (Å²) in [6.07, 6.45) is 1.80. The smallest absolute Gasteiger partial charge is 0.224 e. The summed E-state index contributed by atoms with van der Waals surface area (Å²) in [5.41, 5.74) is 0. The number of amides is 2. The molecule has 1 heterocycles. The van der Waals surface area contributed by atoms with Gasteiger partial charge in [0.25, 0.3) is 0 Å². The summed E-state index contributed by atoms with van der Waals surface area (Å²) in [4.78, 5) is 24.7. The predicted molar refractivity (Wildman–Crippen MR) is 62.0 cm³/mol. The predicted octanol–water partition coefficient (Wildman–Crippen LogP) is -0.275. The molecule has 0 radical (unpaired) electrons. The van der Waals surface area contributed by atoms with Crippen molar-refractivity contribution in [3.8, 4) is 0 Å². The number of rotatable bonds is 5. The molecule has 0 aromatic carbocycles. The summed E-state index contributed by atoms with van der Waals surface area (Å²) in [5, 5.41) is 5.95. The van der Waals surface area contributed by atoms with Crippen LogP contribution in [0, 0.1) is 0 Å². The van der Waals surface area contributed by atoms with Crippen molar-refractivity contribution in [2.45, 2.75) is 26.2 Å². The quantitative estimate of drug-likeness (QED) is 0.679. The highest BCUT2D eigenvalue weighted by molar-refractivity contribution is 5.79. The van der Waals surface area contributed by atoms with Gasteiger partial charge in [0.2, 0.25) is 11.8 Å². The Kier molecular flexibility index (Phi) is 5.85. The van der Waals surface area contributed by atoms with Gasteiger partial charge in [0.1, 0.15) is 0 Å². The van der Waals surface area contributed by atoms with Gasteiger partial charge in [-0.3, -0.25) is 9.59 Å². The zero-order chi connectivity index (χ0) is 11.8. The Morgan fingerprint density at radius 3 is 2.56 bits per heavy atom. The molecule has 1 rings (SSSR count). The molecule has 0 unspecified atom stereocenters. The second kappa shape index (κ2) is 7.22. The first kappa shape index (κ1) is 13.0. The van der Waals surface area contributed by atoms with E-state index in [1.54, 1.807) is 0 Å². The monoisotopic (exact) mass is 227 g/mol. The molecule has 5 heteroatoms. The van der Waals surface area contributed by atoms with Gasteiger partial charge < -0.3 is 15.5 Å². The van der Waals surface area contributed by atoms with Gasteiger partial charge in [0.05, 0.1) is 0 Å². The van der Waals surface area contributed by atoms with Crippen molar-refractivity contribution in [2.75, 3.05) is 32.7 Å². The molecule has 1 aliphatic rings. The van der Waals surface area contributed by atoms with Gasteiger partial charge in [0, 0.05) is 45.6 Å². The second-order valence-electron chi connectivity index (χ2n) is 3.98. The van der Waals surface area contributed by atoms with E-state index in [2.05, 4.69) is 10.6 Å². The average molecular weight is 227 g/mol. The van der Waals surface area contributed by atoms with Gasteiger partial charge in [0.15, 0.2) is 0 Å². The maximum Gasteiger partial charge on any atom is 0.224 e. The van der Waals surface area contributed by atoms with Crippen LogP contribution in [0.2, 0.25) is 0 Å². The second-order valence-corrected chi connectivity index (χ2v) is 3.98. The molecule has 0 atom stereocenters. The molecule has 0 spiro atoms. The minimum atomic E-state index is 0.0376. The molecule has 0 aromatic rings. The SMILES string of the molecule is CCCC(=O)NCCC(=O)N1CCNCC1. The molecule has 16 heavy (non-hydrogen) atoms. The molecule has 92 valence electrons. The first-order chi connectivity index (χ1) is 7.74. The van der Waals surface area contributed by atoms with E-state index < -0.39 is 0 Å². The fraction of sp³-hybridized carbons (Fsp3) is 0.818. The third kappa shape index (κ3) is 4.61. The molecule has 1 saturated heterocycles. The van der Waals surface area contributed by atoms with Crippen LogP contribution in [0.25, 0.3) is 0 Å². The Hall–Kier alpha value is -1.10. The number of hydrogen-bond donors (Lipinski definition) is 2. The van der Waals surface area contributed by atoms with Crippen LogP contribution in [0.1, 0.15) is 26.2 Å². The summed E-state index contributed by atoms with van der Waals surface area (Å²) in [6.45, 7) is 5.72. The van der Waals surface area contributed by atoms with Crippen molar-refractivity contribution in [2.24, 2.45) is 0 Å². The third-order valence-electron chi connectivity index (χ3n) is 2.61. The van der Waals surface area contributed by atoms with Crippen molar-refractivity contribution < 1.29 is 9.59 Å². The van der Waals surface area contributed by atoms with Crippen LogP contribution in [-0.2, 0) is 9.59 Å². The summed E-state index contributed by atoms with van der Waals surface area (Å²) < 4.78 is 0. The molecule has 0 aliphatic carbocycles. The van der Waals surface area contributed by atoms with Gasteiger partial charge in [-0.25, -0.2) is 0 Å². The van der Waals surface area contributed by atoms with Gasteiger partial charge in [-0.2, -0.15) is 0 Å². The molecule has 2 amide bonds. The standard InChI is InChI=1S/C11H21N3O2/c1-2-3-10(15)13-5-4-11(16)14-8-6-12-7-9-14/h12H,2-9H2,1H3,(H,13,15). The Bertz CT molecular complexity index is 237. The van der Waals surface area contributed by atoms with Crippen molar-refractivity contribution >= 4 is 11.8 Å². The highest BCUT2D eigenvalue weighted by Gasteiger charge is 2.15. The van der Waals surface area contributed by atoms with E-state index in [1.807, 2.05) is 11.8 Å². The van der Waals surface area contributed by atoms with Gasteiger partial charge in [-0.15, -0.1) is 0 Å². The molecule has 2 N–H and O–H groups in total. The van der Waals surface area contributed by atoms with Crippen molar-refractivity contribution in [3.63, 3.8) is 0 Å². The van der Waals surface area contributed by atoms with Gasteiger partial charge >= 0.3 is 0 Å². The minimum Gasteiger partial charge on any atom is -0.356 e. The van der Waals surface area contributed by atoms with E-state index in [0.717, 1.165) is 32.6 Å². The Morgan fingerprint density at radius 2 is 1.94 bits per heavy atom. The van der Waals surface area contributed by atoms with Gasteiger partial charge in [-0.05, 0) is 6.42 Å². The van der Waals surface area contributed by atoms with E-state index in [0.29, 0.717) is 19.4 Å². The molecule has 0 saturated carbocycles. The van der Waals surface area contributed by atoms with E-state index in [4.69, 9.17) is 0 Å². The van der Waals surface area contributed by atoms with E-state index in [9.17, 15) is 9.59 Å². The van der Waals surface area contributed by atoms with Crippen LogP contribution in [-0.4, -0.2) is 49.4 Å². The Labute approximate surface area is 96.6 Å². The maximum absolute atomic E-state index is 11.7. The number of nitrogens with one attached hydrogen (secondary N) is 2. The largest absolute Gasteiger partial charge is 0.356 e. The summed E-state index contributed by atoms with van der Waals surface area (Å²) >= 11 is 0. The molecular formula is C11H21N3O2. The minimum absolute atomic E-state index is 0.0376. The summed E-state index contributed by atoms with van der Waals surface area (Å²) in [6, 6.07) is 0. The zero-order valence-corrected chi connectivity index (χ0v) is 9.92. The van der Waals surface area contributed by atoms with E-state index in [-0.39, 0.29) is 11.8 Å². The fourth-order valence-corrected chi connectivity index (χ4v) is 1.70. The molecule has 0 bridgehead atoms. The Balaban J connectivity index is 2.12. The average Bonchev–Trinajstić information content (AvgIpc) is 2.30. The lowest BCUT2D eigenvalue weighted by Gasteiger charge is -2.27. The summed E-state index contributed by atoms with van der Waals surface area (Å²) in [5.74, 6) is 0.175. The van der Waals surface area contributed by atoms with E-state index in [1.165, 1.54) is 0 Å². The molecular weight excluding hydrogens is 206 g/mol. The van der Waals surface area contributed by atoms with Crippen LogP contribution in [0.15, 0.2) is 0 Å². The zero-order valence-electron chi connectivity index (χ0n) is 9.92. The molecule has 1 fully saturated rings. The number of hydrogen-bond acceptors (Lipinski definition) is 3. The van der Waals surface area contributed by atoms with Crippen LogP contribution < -0.4 is 10.6 Å². The van der Waals surface area contributed by atoms with Crippen LogP contribution in [0.5, 0.6) is 0 Å². The molecule has 5 nitrogen and oxygen atoms in total. The van der Waals surface area contributed by atoms with E-state index >= 15 is 0 Å². The van der Waals surface area contributed by atoms with Crippen molar-refractivity contribution in [1.82, 2.24) is 15.5 Å². The lowest BCUT2D eigenvalue weighted by Crippen LogP contribution is -2.47. The lowest BCUT2D eigenvalue weighted by atomic mass is 10.3. The topological polar surface area (TPSA) is 61.4 Å². The van der Waals surface area contributed by atoms with Crippen molar-refractivity contribution in [1.29, 1.82) is 0 Å². The number of nitrogens with zero attached hydrogens (tertiary/aromatic N) is 1. The van der Waals surface area contributed by atoms with Crippen LogP contribution in [0.4, 0.5) is 0 Å². The highest BCUT2D eigenvalue weighted by Crippen LogP contribution is 1.96. The number of piperazine rings is 1. The van der Waals surface area contributed by atoms with Crippen molar-refractivity contribution in [3.05, 3.63) is 0 Å². The first-order valence-corrected chi connectivity index (χ1v) is 5.99. The first-order valence-electron chi connectivity index (χ1n) is 5.99. The lowest BCUT2D eigenvalue weighted by molar-refractivity contribution is -0.131. The van der Waals surface area contributed by atoms with Crippen LogP contribution >= 0.6 is 0 Å². The summed E-state index contributed by atoms with van der Waals surface area (Å²) in [7, 11) is 0. The highest BCUT2D eigenvalue weighted by atomic mass is 16.2. The van der Waals surface area contributed by atoms with Crippen LogP contribution in [0.3, 0.4) is 0 Å².